The lowest BCUT2D eigenvalue weighted by atomic mass is 10.1. The Morgan fingerprint density at radius 1 is 1.19 bits per heavy atom. The van der Waals surface area contributed by atoms with E-state index < -0.39 is 5.97 Å². The molecule has 1 aliphatic heterocycles. The molecule has 134 valence electrons. The zero-order chi connectivity index (χ0) is 18.5. The van der Waals surface area contributed by atoms with Gasteiger partial charge in [-0.05, 0) is 46.6 Å². The number of carbonyl (C=O) groups is 1. The molecule has 2 aromatic rings. The summed E-state index contributed by atoms with van der Waals surface area (Å²) in [5.41, 5.74) is 1.64. The van der Waals surface area contributed by atoms with E-state index in [1.54, 1.807) is 13.2 Å². The molecule has 26 heavy (non-hydrogen) atoms. The Bertz CT molecular complexity index is 889. The summed E-state index contributed by atoms with van der Waals surface area (Å²) < 4.78 is 17.3. The number of benzene rings is 2. The Hall–Kier alpha value is -2.60. The summed E-state index contributed by atoms with van der Waals surface area (Å²) >= 11 is 3.44. The van der Waals surface area contributed by atoms with E-state index in [0.29, 0.717) is 23.7 Å². The molecule has 2 aromatic carbocycles. The monoisotopic (exact) mass is 415 g/mol. The van der Waals surface area contributed by atoms with Crippen molar-refractivity contribution in [1.29, 1.82) is 0 Å². The minimum Gasteiger partial charge on any atom is -0.493 e. The van der Waals surface area contributed by atoms with Crippen molar-refractivity contribution >= 4 is 33.9 Å². The second kappa shape index (κ2) is 8.19. The average molecular weight is 416 g/mol. The zero-order valence-corrected chi connectivity index (χ0v) is 16.1. The van der Waals surface area contributed by atoms with Gasteiger partial charge in [0.15, 0.2) is 17.2 Å². The molecule has 0 N–H and O–H groups in total. The maximum Gasteiger partial charge on any atom is 0.363 e. The molecule has 1 heterocycles. The number of carbonyl (C=O) groups excluding carboxylic acids is 1. The van der Waals surface area contributed by atoms with Gasteiger partial charge in [0.25, 0.3) is 0 Å². The molecule has 0 saturated heterocycles. The van der Waals surface area contributed by atoms with Crippen molar-refractivity contribution in [3.05, 3.63) is 63.8 Å². The smallest absolute Gasteiger partial charge is 0.363 e. The first-order valence-electron chi connectivity index (χ1n) is 8.21. The first-order valence-corrected chi connectivity index (χ1v) is 9.00. The predicted molar refractivity (Wildman–Crippen MR) is 104 cm³/mol. The van der Waals surface area contributed by atoms with Crippen molar-refractivity contribution < 1.29 is 19.0 Å². The lowest BCUT2D eigenvalue weighted by Crippen LogP contribution is -2.06. The fourth-order valence-corrected chi connectivity index (χ4v) is 2.93. The predicted octanol–water partition coefficient (Wildman–Crippen LogP) is 4.59. The molecule has 1 aliphatic rings. The number of rotatable bonds is 6. The van der Waals surface area contributed by atoms with E-state index in [1.165, 1.54) is 0 Å². The molecule has 0 aliphatic carbocycles. The number of esters is 1. The Labute approximate surface area is 160 Å². The Morgan fingerprint density at radius 3 is 2.73 bits per heavy atom. The van der Waals surface area contributed by atoms with Crippen LogP contribution in [0.15, 0.2) is 57.6 Å². The Kier molecular flexibility index (Phi) is 5.73. The summed E-state index contributed by atoms with van der Waals surface area (Å²) in [5.74, 6) is 0.962. The number of nitrogens with zero attached hydrogens (tertiary/aromatic N) is 1. The first-order chi connectivity index (χ1) is 12.6. The van der Waals surface area contributed by atoms with Crippen LogP contribution in [0.25, 0.3) is 6.08 Å². The third kappa shape index (κ3) is 3.80. The number of hydrogen-bond acceptors (Lipinski definition) is 5. The van der Waals surface area contributed by atoms with E-state index in [9.17, 15) is 4.79 Å². The number of aliphatic imine (C=N–C) groups is 1. The molecular weight excluding hydrogens is 398 g/mol. The number of cyclic esters (lactones) is 1. The van der Waals surface area contributed by atoms with Crippen molar-refractivity contribution in [2.75, 3.05) is 13.7 Å². The van der Waals surface area contributed by atoms with Crippen LogP contribution in [0.1, 0.15) is 24.5 Å². The van der Waals surface area contributed by atoms with Gasteiger partial charge in [0.05, 0.1) is 19.3 Å². The maximum absolute atomic E-state index is 12.3. The average Bonchev–Trinajstić information content (AvgIpc) is 3.01. The van der Waals surface area contributed by atoms with Crippen molar-refractivity contribution in [2.45, 2.75) is 13.3 Å². The highest BCUT2D eigenvalue weighted by Gasteiger charge is 2.26. The van der Waals surface area contributed by atoms with Crippen LogP contribution in [0, 0.1) is 0 Å². The summed E-state index contributed by atoms with van der Waals surface area (Å²) in [6, 6.07) is 12.9. The van der Waals surface area contributed by atoms with E-state index >= 15 is 0 Å². The molecule has 5 nitrogen and oxygen atoms in total. The number of halogens is 1. The third-order valence-electron chi connectivity index (χ3n) is 3.70. The number of para-hydroxylation sites is 1. The molecule has 0 atom stereocenters. The van der Waals surface area contributed by atoms with Crippen molar-refractivity contribution in [1.82, 2.24) is 0 Å². The second-order valence-electron chi connectivity index (χ2n) is 5.54. The quantitative estimate of drug-likeness (QED) is 0.511. The van der Waals surface area contributed by atoms with Crippen molar-refractivity contribution in [3.63, 3.8) is 0 Å². The molecule has 0 radical (unpaired) electrons. The molecule has 0 spiro atoms. The summed E-state index contributed by atoms with van der Waals surface area (Å²) in [6.45, 7) is 2.57. The molecule has 0 amide bonds. The lowest BCUT2D eigenvalue weighted by molar-refractivity contribution is -0.129. The van der Waals surface area contributed by atoms with Crippen LogP contribution in [-0.2, 0) is 9.53 Å². The van der Waals surface area contributed by atoms with E-state index in [-0.39, 0.29) is 11.6 Å². The van der Waals surface area contributed by atoms with Crippen LogP contribution in [0.4, 0.5) is 0 Å². The molecule has 0 saturated carbocycles. The van der Waals surface area contributed by atoms with E-state index in [0.717, 1.165) is 16.5 Å². The lowest BCUT2D eigenvalue weighted by Gasteiger charge is -2.12. The van der Waals surface area contributed by atoms with Gasteiger partial charge in [-0.2, -0.15) is 0 Å². The third-order valence-corrected chi connectivity index (χ3v) is 4.39. The van der Waals surface area contributed by atoms with E-state index in [2.05, 4.69) is 20.9 Å². The Balaban J connectivity index is 2.00. The van der Waals surface area contributed by atoms with Crippen LogP contribution in [0.5, 0.6) is 11.5 Å². The molecule has 0 unspecified atom stereocenters. The minimum absolute atomic E-state index is 0.213. The largest absolute Gasteiger partial charge is 0.493 e. The number of hydrogen-bond donors (Lipinski definition) is 0. The number of methoxy groups -OCH3 is 1. The van der Waals surface area contributed by atoms with Crippen molar-refractivity contribution in [2.24, 2.45) is 4.99 Å². The summed E-state index contributed by atoms with van der Waals surface area (Å²) in [4.78, 5) is 16.6. The van der Waals surface area contributed by atoms with Crippen LogP contribution >= 0.6 is 15.9 Å². The molecule has 0 fully saturated rings. The van der Waals surface area contributed by atoms with Gasteiger partial charge in [-0.1, -0.05) is 31.2 Å². The van der Waals surface area contributed by atoms with Crippen LogP contribution in [0.3, 0.4) is 0 Å². The van der Waals surface area contributed by atoms with Gasteiger partial charge in [0.1, 0.15) is 0 Å². The maximum atomic E-state index is 12.3. The fraction of sp³-hybridized carbons (Fsp3) is 0.200. The highest BCUT2D eigenvalue weighted by molar-refractivity contribution is 9.10. The SMILES string of the molecule is CCCOc1c(/C=C2\N=C(c3ccccc3Br)OC2=O)cccc1OC. The van der Waals surface area contributed by atoms with Crippen molar-refractivity contribution in [3.8, 4) is 11.5 Å². The van der Waals surface area contributed by atoms with E-state index in [1.807, 2.05) is 49.4 Å². The fourth-order valence-electron chi connectivity index (χ4n) is 2.47. The van der Waals surface area contributed by atoms with Gasteiger partial charge in [-0.3, -0.25) is 0 Å². The summed E-state index contributed by atoms with van der Waals surface area (Å²) in [6.07, 6.45) is 2.51. The summed E-state index contributed by atoms with van der Waals surface area (Å²) in [7, 11) is 1.58. The second-order valence-corrected chi connectivity index (χ2v) is 6.40. The standard InChI is InChI=1S/C20H18BrNO4/c1-3-11-25-18-13(7-6-10-17(18)24-2)12-16-20(23)26-19(22-16)14-8-4-5-9-15(14)21/h4-10,12H,3,11H2,1-2H3/b16-12-. The van der Waals surface area contributed by atoms with Gasteiger partial charge in [0, 0.05) is 10.0 Å². The topological polar surface area (TPSA) is 57.1 Å². The minimum atomic E-state index is -0.500. The van der Waals surface area contributed by atoms with Gasteiger partial charge in [-0.15, -0.1) is 0 Å². The summed E-state index contributed by atoms with van der Waals surface area (Å²) in [5, 5.41) is 0. The molecule has 0 aromatic heterocycles. The molecule has 6 heteroatoms. The van der Waals surface area contributed by atoms with Gasteiger partial charge < -0.3 is 14.2 Å². The highest BCUT2D eigenvalue weighted by atomic mass is 79.9. The van der Waals surface area contributed by atoms with E-state index in [4.69, 9.17) is 14.2 Å². The van der Waals surface area contributed by atoms with Crippen LogP contribution in [0.2, 0.25) is 0 Å². The zero-order valence-electron chi connectivity index (χ0n) is 14.5. The first kappa shape index (κ1) is 18.2. The van der Waals surface area contributed by atoms with Gasteiger partial charge in [0.2, 0.25) is 5.90 Å². The number of ether oxygens (including phenoxy) is 3. The molecular formula is C20H18BrNO4. The molecule has 0 bridgehead atoms. The molecule has 3 rings (SSSR count). The van der Waals surface area contributed by atoms with Gasteiger partial charge in [-0.25, -0.2) is 9.79 Å². The van der Waals surface area contributed by atoms with Crippen LogP contribution in [-0.4, -0.2) is 25.6 Å². The Morgan fingerprint density at radius 2 is 2.00 bits per heavy atom. The highest BCUT2D eigenvalue weighted by Crippen LogP contribution is 2.34. The van der Waals surface area contributed by atoms with Crippen LogP contribution < -0.4 is 9.47 Å². The normalized spacial score (nSPS) is 15.0. The van der Waals surface area contributed by atoms with Gasteiger partial charge >= 0.3 is 5.97 Å².